The van der Waals surface area contributed by atoms with Gasteiger partial charge in [0.1, 0.15) is 0 Å². The maximum atomic E-state index is 12.4. The molecule has 0 saturated carbocycles. The van der Waals surface area contributed by atoms with Crippen LogP contribution in [0.25, 0.3) is 0 Å². The lowest BCUT2D eigenvalue weighted by Gasteiger charge is -2.20. The number of carbonyl (C=O) groups excluding carboxylic acids is 2. The number of carbonyl (C=O) groups is 2. The van der Waals surface area contributed by atoms with Crippen LogP contribution in [0.3, 0.4) is 0 Å². The van der Waals surface area contributed by atoms with Crippen LogP contribution in [0.2, 0.25) is 0 Å². The highest BCUT2D eigenvalue weighted by molar-refractivity contribution is 5.76. The largest absolute Gasteiger partial charge is 0.466 e. The van der Waals surface area contributed by atoms with Crippen LogP contribution in [0.5, 0.6) is 0 Å². The number of hydrogen-bond donors (Lipinski definition) is 3. The highest BCUT2D eigenvalue weighted by Crippen LogP contribution is 2.18. The van der Waals surface area contributed by atoms with Gasteiger partial charge in [-0.3, -0.25) is 9.59 Å². The van der Waals surface area contributed by atoms with Crippen molar-refractivity contribution in [2.75, 3.05) is 13.2 Å². The molecule has 450 valence electrons. The molecule has 0 heterocycles. The van der Waals surface area contributed by atoms with Crippen molar-refractivity contribution in [2.45, 2.75) is 398 Å². The van der Waals surface area contributed by atoms with Crippen molar-refractivity contribution in [3.05, 3.63) is 24.3 Å². The molecule has 0 aliphatic rings. The van der Waals surface area contributed by atoms with Crippen LogP contribution in [0.4, 0.5) is 0 Å². The van der Waals surface area contributed by atoms with Gasteiger partial charge in [0, 0.05) is 12.8 Å². The van der Waals surface area contributed by atoms with Gasteiger partial charge in [0.25, 0.3) is 0 Å². The molecule has 0 aromatic rings. The van der Waals surface area contributed by atoms with Crippen molar-refractivity contribution in [1.82, 2.24) is 5.32 Å². The van der Waals surface area contributed by atoms with Crippen LogP contribution < -0.4 is 5.32 Å². The Morgan fingerprint density at radius 2 is 0.618 bits per heavy atom. The number of aliphatic hydroxyl groups excluding tert-OH is 2. The Balaban J connectivity index is 3.34. The Labute approximate surface area is 475 Å². The maximum Gasteiger partial charge on any atom is 0.305 e. The molecule has 76 heavy (non-hydrogen) atoms. The first-order valence-electron chi connectivity index (χ1n) is 34.6. The summed E-state index contributed by atoms with van der Waals surface area (Å²) in [4.78, 5) is 24.5. The molecule has 0 rings (SSSR count). The van der Waals surface area contributed by atoms with Gasteiger partial charge >= 0.3 is 5.97 Å². The van der Waals surface area contributed by atoms with Gasteiger partial charge in [0.05, 0.1) is 25.4 Å². The summed E-state index contributed by atoms with van der Waals surface area (Å²) < 4.78 is 5.51. The van der Waals surface area contributed by atoms with E-state index in [0.29, 0.717) is 19.4 Å². The Kier molecular flexibility index (Phi) is 64.4. The fraction of sp³-hybridized carbons (Fsp3) is 0.914. The summed E-state index contributed by atoms with van der Waals surface area (Å²) in [6.45, 7) is 4.93. The van der Waals surface area contributed by atoms with E-state index in [4.69, 9.17) is 4.74 Å². The number of allylic oxidation sites excluding steroid dienone is 3. The van der Waals surface area contributed by atoms with Gasteiger partial charge in [-0.05, 0) is 57.8 Å². The summed E-state index contributed by atoms with van der Waals surface area (Å²) >= 11 is 0. The first-order chi connectivity index (χ1) is 37.5. The third kappa shape index (κ3) is 61.6. The summed E-state index contributed by atoms with van der Waals surface area (Å²) in [5, 5.41) is 23.1. The van der Waals surface area contributed by atoms with Crippen molar-refractivity contribution < 1.29 is 24.5 Å². The minimum Gasteiger partial charge on any atom is -0.466 e. The standard InChI is InChI=1S/C70H135NO5/c1-3-5-7-9-11-13-15-17-18-33-37-40-44-48-52-56-60-64-70(75)76-65-61-57-53-49-45-41-38-35-32-30-28-26-24-22-20-19-21-23-25-27-29-31-34-36-39-43-47-51-55-59-63-69(74)71-67(66-72)68(73)62-58-54-50-46-42-16-14-12-10-8-6-4-2/h20,22,58,62,67-68,72-73H,3-19,21,23-57,59-61,63-66H2,1-2H3,(H,71,74)/b22-20-,62-58+. The van der Waals surface area contributed by atoms with E-state index in [2.05, 4.69) is 31.3 Å². The molecule has 0 bridgehead atoms. The number of amides is 1. The molecular formula is C70H135NO5. The second-order valence-corrected chi connectivity index (χ2v) is 23.9. The normalized spacial score (nSPS) is 12.6. The van der Waals surface area contributed by atoms with E-state index in [-0.39, 0.29) is 18.5 Å². The van der Waals surface area contributed by atoms with Crippen molar-refractivity contribution in [3.63, 3.8) is 0 Å². The molecule has 2 atom stereocenters. The van der Waals surface area contributed by atoms with Gasteiger partial charge in [-0.2, -0.15) is 0 Å². The van der Waals surface area contributed by atoms with E-state index in [1.165, 1.54) is 321 Å². The van der Waals surface area contributed by atoms with E-state index in [0.717, 1.165) is 38.5 Å². The highest BCUT2D eigenvalue weighted by Gasteiger charge is 2.18. The lowest BCUT2D eigenvalue weighted by atomic mass is 10.0. The summed E-state index contributed by atoms with van der Waals surface area (Å²) in [5.74, 6) is -0.0443. The number of aliphatic hydroxyl groups is 2. The smallest absolute Gasteiger partial charge is 0.305 e. The van der Waals surface area contributed by atoms with Crippen LogP contribution in [0, 0.1) is 0 Å². The molecule has 2 unspecified atom stereocenters. The third-order valence-electron chi connectivity index (χ3n) is 16.2. The van der Waals surface area contributed by atoms with Gasteiger partial charge in [0.15, 0.2) is 0 Å². The van der Waals surface area contributed by atoms with Crippen molar-refractivity contribution in [1.29, 1.82) is 0 Å². The van der Waals surface area contributed by atoms with Crippen LogP contribution in [0.1, 0.15) is 386 Å². The molecule has 0 saturated heterocycles. The van der Waals surface area contributed by atoms with Crippen molar-refractivity contribution >= 4 is 11.9 Å². The summed E-state index contributed by atoms with van der Waals surface area (Å²) in [6.07, 6.45) is 82.6. The zero-order chi connectivity index (χ0) is 55.0. The molecule has 0 aliphatic heterocycles. The number of rotatable bonds is 65. The first-order valence-corrected chi connectivity index (χ1v) is 34.6. The minimum atomic E-state index is -0.842. The zero-order valence-corrected chi connectivity index (χ0v) is 51.5. The van der Waals surface area contributed by atoms with Crippen LogP contribution >= 0.6 is 0 Å². The molecular weight excluding hydrogens is 935 g/mol. The molecule has 0 aliphatic carbocycles. The molecule has 6 heteroatoms. The molecule has 6 nitrogen and oxygen atoms in total. The Morgan fingerprint density at radius 1 is 0.355 bits per heavy atom. The highest BCUT2D eigenvalue weighted by atomic mass is 16.5. The van der Waals surface area contributed by atoms with Gasteiger partial charge < -0.3 is 20.3 Å². The van der Waals surface area contributed by atoms with E-state index in [1.54, 1.807) is 6.08 Å². The molecule has 0 spiro atoms. The second kappa shape index (κ2) is 65.9. The van der Waals surface area contributed by atoms with Crippen LogP contribution in [0.15, 0.2) is 24.3 Å². The lowest BCUT2D eigenvalue weighted by Crippen LogP contribution is -2.45. The van der Waals surface area contributed by atoms with E-state index < -0.39 is 12.1 Å². The van der Waals surface area contributed by atoms with Crippen LogP contribution in [-0.4, -0.2) is 47.4 Å². The van der Waals surface area contributed by atoms with Crippen molar-refractivity contribution in [3.8, 4) is 0 Å². The SMILES string of the molecule is CCCCCCCCCCCC/C=C/C(O)C(CO)NC(=O)CCCCCCCCCCCCCCCC/C=C\CCCCCCCCCCCCCCOC(=O)CCCCCCCCCCCCCCCCCCC. The second-order valence-electron chi connectivity index (χ2n) is 23.9. The third-order valence-corrected chi connectivity index (χ3v) is 16.2. The summed E-state index contributed by atoms with van der Waals surface area (Å²) in [5.41, 5.74) is 0. The quantitative estimate of drug-likeness (QED) is 0.0320. The number of unbranched alkanes of at least 4 members (excludes halogenated alkanes) is 52. The molecule has 1 amide bonds. The average molecular weight is 1070 g/mol. The fourth-order valence-corrected chi connectivity index (χ4v) is 10.9. The van der Waals surface area contributed by atoms with E-state index >= 15 is 0 Å². The van der Waals surface area contributed by atoms with Crippen molar-refractivity contribution in [2.24, 2.45) is 0 Å². The van der Waals surface area contributed by atoms with E-state index in [9.17, 15) is 19.8 Å². The zero-order valence-electron chi connectivity index (χ0n) is 51.5. The maximum absolute atomic E-state index is 12.4. The van der Waals surface area contributed by atoms with Gasteiger partial charge in [-0.25, -0.2) is 0 Å². The summed E-state index contributed by atoms with van der Waals surface area (Å²) in [6, 6.07) is -0.625. The molecule has 0 fully saturated rings. The topological polar surface area (TPSA) is 95.9 Å². The summed E-state index contributed by atoms with van der Waals surface area (Å²) in [7, 11) is 0. The van der Waals surface area contributed by atoms with Gasteiger partial charge in [0.2, 0.25) is 5.91 Å². The number of ether oxygens (including phenoxy) is 1. The monoisotopic (exact) mass is 1070 g/mol. The first kappa shape index (κ1) is 74.3. The number of esters is 1. The fourth-order valence-electron chi connectivity index (χ4n) is 10.9. The minimum absolute atomic E-state index is 0.0213. The number of hydrogen-bond acceptors (Lipinski definition) is 5. The predicted molar refractivity (Wildman–Crippen MR) is 333 cm³/mol. The number of nitrogens with one attached hydrogen (secondary N) is 1. The van der Waals surface area contributed by atoms with E-state index in [1.807, 2.05) is 6.08 Å². The Bertz CT molecular complexity index is 1190. The van der Waals surface area contributed by atoms with Crippen LogP contribution in [-0.2, 0) is 14.3 Å². The van der Waals surface area contributed by atoms with Gasteiger partial charge in [-0.1, -0.05) is 340 Å². The Morgan fingerprint density at radius 3 is 0.934 bits per heavy atom. The average Bonchev–Trinajstić information content (AvgIpc) is 3.42. The molecule has 3 N–H and O–H groups in total. The predicted octanol–water partition coefficient (Wildman–Crippen LogP) is 22.1. The molecule has 0 radical (unpaired) electrons. The lowest BCUT2D eigenvalue weighted by molar-refractivity contribution is -0.143. The molecule has 0 aromatic heterocycles. The molecule has 0 aromatic carbocycles. The Hall–Kier alpha value is -1.66. The van der Waals surface area contributed by atoms with Gasteiger partial charge in [-0.15, -0.1) is 0 Å².